The number of carbonyl (C=O) groups excluding carboxylic acids is 2. The molecule has 4 rings (SSSR count). The lowest BCUT2D eigenvalue weighted by atomic mass is 10.1. The maximum absolute atomic E-state index is 12.8. The monoisotopic (exact) mass is 315 g/mol. The van der Waals surface area contributed by atoms with Crippen molar-refractivity contribution in [3.8, 4) is 5.69 Å². The van der Waals surface area contributed by atoms with Gasteiger partial charge < -0.3 is 9.64 Å². The summed E-state index contributed by atoms with van der Waals surface area (Å²) < 4.78 is 11.3. The molecule has 0 N–H and O–H groups in total. The zero-order chi connectivity index (χ0) is 16.1. The normalized spacial score (nSPS) is 22.1. The first-order chi connectivity index (χ1) is 11.1. The number of carbonyl (C=O) groups is 2. The van der Waals surface area contributed by atoms with Crippen LogP contribution in [0.5, 0.6) is 0 Å². The number of rotatable bonds is 1. The van der Waals surface area contributed by atoms with E-state index in [1.165, 1.54) is 11.5 Å². The fraction of sp³-hybridized carbons (Fsp3) is 0.333. The number of benzene rings is 1. The highest BCUT2D eigenvalue weighted by molar-refractivity contribution is 5.98. The second-order valence-corrected chi connectivity index (χ2v) is 5.60. The van der Waals surface area contributed by atoms with Crippen molar-refractivity contribution < 1.29 is 18.8 Å². The Morgan fingerprint density at radius 3 is 2.91 bits per heavy atom. The number of hydrogen-bond acceptors (Lipinski definition) is 6. The lowest BCUT2D eigenvalue weighted by molar-refractivity contribution is -0.145. The van der Waals surface area contributed by atoms with Gasteiger partial charge in [0.25, 0.3) is 5.91 Å². The Labute approximate surface area is 130 Å². The van der Waals surface area contributed by atoms with Crippen molar-refractivity contribution >= 4 is 11.9 Å². The van der Waals surface area contributed by atoms with E-state index in [-0.39, 0.29) is 12.5 Å². The van der Waals surface area contributed by atoms with Gasteiger partial charge in [-0.05, 0) is 12.1 Å². The minimum absolute atomic E-state index is 0.217. The number of esters is 1. The van der Waals surface area contributed by atoms with Gasteiger partial charge in [0.1, 0.15) is 6.10 Å². The molecular formula is C15H13N3O5. The Hall–Kier alpha value is -2.90. The lowest BCUT2D eigenvalue weighted by Crippen LogP contribution is -2.31. The molecule has 2 aliphatic rings. The Bertz CT molecular complexity index is 868. The molecule has 23 heavy (non-hydrogen) atoms. The average Bonchev–Trinajstić information content (AvgIpc) is 3.07. The molecule has 0 radical (unpaired) electrons. The maximum atomic E-state index is 12.8. The molecule has 8 nitrogen and oxygen atoms in total. The highest BCUT2D eigenvalue weighted by Gasteiger charge is 2.44. The first kappa shape index (κ1) is 13.7. The van der Waals surface area contributed by atoms with E-state index in [0.717, 1.165) is 0 Å². The maximum Gasteiger partial charge on any atom is 0.446 e. The first-order valence-corrected chi connectivity index (χ1v) is 7.22. The van der Waals surface area contributed by atoms with Crippen molar-refractivity contribution in [3.63, 3.8) is 0 Å². The highest BCUT2D eigenvalue weighted by atomic mass is 16.5. The van der Waals surface area contributed by atoms with Crippen LogP contribution in [0.1, 0.15) is 35.6 Å². The standard InChI is InChI=1S/C15H13N3O5/c1-8(19)22-9-6-12-13-16-23-15(21)18(13)11-5-3-2-4-10(11)14(20)17(12)7-9/h2-5,9,12H,6-7H2,1H3/t9-,12+/m1/s1. The molecule has 0 bridgehead atoms. The van der Waals surface area contributed by atoms with Crippen molar-refractivity contribution in [3.05, 3.63) is 46.2 Å². The third-order valence-corrected chi connectivity index (χ3v) is 4.16. The van der Waals surface area contributed by atoms with Gasteiger partial charge in [0.15, 0.2) is 5.82 Å². The van der Waals surface area contributed by atoms with Gasteiger partial charge in [0, 0.05) is 13.3 Å². The summed E-state index contributed by atoms with van der Waals surface area (Å²) in [6.45, 7) is 1.59. The average molecular weight is 315 g/mol. The van der Waals surface area contributed by atoms with Crippen molar-refractivity contribution in [2.24, 2.45) is 0 Å². The van der Waals surface area contributed by atoms with Gasteiger partial charge in [0.2, 0.25) is 0 Å². The van der Waals surface area contributed by atoms with Crippen molar-refractivity contribution in [2.45, 2.75) is 25.5 Å². The Kier molecular flexibility index (Phi) is 2.87. The van der Waals surface area contributed by atoms with Crippen LogP contribution in [0.2, 0.25) is 0 Å². The van der Waals surface area contributed by atoms with Crippen LogP contribution in [0, 0.1) is 0 Å². The predicted octanol–water partition coefficient (Wildman–Crippen LogP) is 0.658. The van der Waals surface area contributed by atoms with E-state index in [4.69, 9.17) is 9.26 Å². The molecule has 2 atom stereocenters. The number of aromatic nitrogens is 2. The Morgan fingerprint density at radius 2 is 2.13 bits per heavy atom. The van der Waals surface area contributed by atoms with Crippen LogP contribution in [-0.2, 0) is 9.53 Å². The molecule has 0 aliphatic carbocycles. The topological polar surface area (TPSA) is 94.6 Å². The van der Waals surface area contributed by atoms with Gasteiger partial charge in [0.05, 0.1) is 23.8 Å². The second kappa shape index (κ2) is 4.80. The number of para-hydroxylation sites is 1. The smallest absolute Gasteiger partial charge is 0.446 e. The largest absolute Gasteiger partial charge is 0.461 e. The molecule has 1 fully saturated rings. The van der Waals surface area contributed by atoms with Crippen LogP contribution in [-0.4, -0.2) is 39.1 Å². The van der Waals surface area contributed by atoms with Gasteiger partial charge in [-0.25, -0.2) is 9.36 Å². The van der Waals surface area contributed by atoms with Crippen LogP contribution in [0.4, 0.5) is 0 Å². The predicted molar refractivity (Wildman–Crippen MR) is 76.0 cm³/mol. The number of hydrogen-bond donors (Lipinski definition) is 0. The van der Waals surface area contributed by atoms with Gasteiger partial charge in [-0.1, -0.05) is 17.3 Å². The van der Waals surface area contributed by atoms with Crippen LogP contribution < -0.4 is 5.76 Å². The second-order valence-electron chi connectivity index (χ2n) is 5.60. The molecule has 1 aromatic heterocycles. The summed E-state index contributed by atoms with van der Waals surface area (Å²) in [6, 6.07) is 6.34. The van der Waals surface area contributed by atoms with E-state index < -0.39 is 23.9 Å². The quantitative estimate of drug-likeness (QED) is 0.717. The van der Waals surface area contributed by atoms with E-state index in [1.54, 1.807) is 29.2 Å². The molecule has 1 amide bonds. The number of amides is 1. The molecule has 118 valence electrons. The molecule has 0 unspecified atom stereocenters. The van der Waals surface area contributed by atoms with Crippen molar-refractivity contribution in [2.75, 3.05) is 6.54 Å². The summed E-state index contributed by atoms with van der Waals surface area (Å²) in [5.74, 6) is -0.913. The SMILES string of the molecule is CC(=O)O[C@@H]1C[C@H]2c3noc(=O)n3-c3ccccc3C(=O)N2C1. The fourth-order valence-corrected chi connectivity index (χ4v) is 3.28. The number of ether oxygens (including phenoxy) is 1. The molecule has 0 spiro atoms. The van der Waals surface area contributed by atoms with Gasteiger partial charge >= 0.3 is 11.7 Å². The van der Waals surface area contributed by atoms with Crippen LogP contribution in [0.3, 0.4) is 0 Å². The zero-order valence-corrected chi connectivity index (χ0v) is 12.3. The molecule has 1 saturated heterocycles. The van der Waals surface area contributed by atoms with Crippen LogP contribution >= 0.6 is 0 Å². The van der Waals surface area contributed by atoms with Gasteiger partial charge in [-0.2, -0.15) is 0 Å². The van der Waals surface area contributed by atoms with Gasteiger partial charge in [-0.15, -0.1) is 0 Å². The molecule has 2 aromatic rings. The van der Waals surface area contributed by atoms with Crippen molar-refractivity contribution in [1.29, 1.82) is 0 Å². The third kappa shape index (κ3) is 1.98. The molecule has 0 saturated carbocycles. The van der Waals surface area contributed by atoms with Gasteiger partial charge in [-0.3, -0.25) is 14.1 Å². The van der Waals surface area contributed by atoms with Crippen LogP contribution in [0.25, 0.3) is 5.69 Å². The minimum Gasteiger partial charge on any atom is -0.461 e. The summed E-state index contributed by atoms with van der Waals surface area (Å²) in [5, 5.41) is 3.85. The Morgan fingerprint density at radius 1 is 1.35 bits per heavy atom. The zero-order valence-electron chi connectivity index (χ0n) is 12.3. The minimum atomic E-state index is -0.641. The highest BCUT2D eigenvalue weighted by Crippen LogP contribution is 2.37. The summed E-state index contributed by atoms with van der Waals surface area (Å²) in [7, 11) is 0. The van der Waals surface area contributed by atoms with E-state index in [2.05, 4.69) is 5.16 Å². The lowest BCUT2D eigenvalue weighted by Gasteiger charge is -2.20. The Balaban J connectivity index is 1.87. The first-order valence-electron chi connectivity index (χ1n) is 7.22. The molecule has 3 heterocycles. The van der Waals surface area contributed by atoms with E-state index >= 15 is 0 Å². The third-order valence-electron chi connectivity index (χ3n) is 4.16. The van der Waals surface area contributed by atoms with E-state index in [1.807, 2.05) is 0 Å². The van der Waals surface area contributed by atoms with Crippen molar-refractivity contribution in [1.82, 2.24) is 14.6 Å². The fourth-order valence-electron chi connectivity index (χ4n) is 3.28. The summed E-state index contributed by atoms with van der Waals surface area (Å²) >= 11 is 0. The summed E-state index contributed by atoms with van der Waals surface area (Å²) in [4.78, 5) is 37.7. The molecule has 8 heteroatoms. The molecule has 1 aromatic carbocycles. The molecule has 2 aliphatic heterocycles. The number of nitrogens with zero attached hydrogens (tertiary/aromatic N) is 3. The van der Waals surface area contributed by atoms with E-state index in [0.29, 0.717) is 23.5 Å². The summed E-state index contributed by atoms with van der Waals surface area (Å²) in [6.07, 6.45) is -0.0439. The van der Waals surface area contributed by atoms with E-state index in [9.17, 15) is 14.4 Å². The van der Waals surface area contributed by atoms with Crippen LogP contribution in [0.15, 0.2) is 33.6 Å². The summed E-state index contributed by atoms with van der Waals surface area (Å²) in [5.41, 5.74) is 0.849. The molecular weight excluding hydrogens is 302 g/mol. The number of fused-ring (bicyclic) bond motifs is 5.